The molecule has 0 bridgehead atoms. The lowest BCUT2D eigenvalue weighted by Crippen LogP contribution is -2.26. The minimum Gasteiger partial charge on any atom is -0.497 e. The molecule has 0 saturated carbocycles. The molecule has 142 valence electrons. The Hall–Kier alpha value is -3.15. The highest BCUT2D eigenvalue weighted by Gasteiger charge is 2.18. The first-order chi connectivity index (χ1) is 13.1. The Kier molecular flexibility index (Phi) is 5.54. The second-order valence-electron chi connectivity index (χ2n) is 6.18. The molecule has 6 nitrogen and oxygen atoms in total. The van der Waals surface area contributed by atoms with Gasteiger partial charge in [-0.05, 0) is 49.2 Å². The number of hydrogen-bond donors (Lipinski definition) is 2. The van der Waals surface area contributed by atoms with Crippen LogP contribution >= 0.6 is 0 Å². The van der Waals surface area contributed by atoms with E-state index in [1.165, 1.54) is 14.2 Å². The van der Waals surface area contributed by atoms with Crippen molar-refractivity contribution >= 4 is 16.8 Å². The number of methoxy groups -OCH3 is 3. The predicted octanol–water partition coefficient (Wildman–Crippen LogP) is 3.47. The number of aromatic nitrogens is 1. The van der Waals surface area contributed by atoms with Crippen LogP contribution in [0.25, 0.3) is 10.9 Å². The summed E-state index contributed by atoms with van der Waals surface area (Å²) >= 11 is 0. The normalized spacial score (nSPS) is 10.7. The average Bonchev–Trinajstić information content (AvgIpc) is 3.01. The zero-order valence-corrected chi connectivity index (χ0v) is 16.0. The first-order valence-corrected chi connectivity index (χ1v) is 8.73. The molecular formula is C21H24N2O4. The molecule has 0 spiro atoms. The van der Waals surface area contributed by atoms with Gasteiger partial charge in [-0.25, -0.2) is 0 Å². The number of aromatic amines is 1. The van der Waals surface area contributed by atoms with Crippen LogP contribution in [-0.2, 0) is 6.42 Å². The molecule has 3 aromatic rings. The lowest BCUT2D eigenvalue weighted by Gasteiger charge is -2.13. The van der Waals surface area contributed by atoms with Crippen LogP contribution in [0.4, 0.5) is 0 Å². The fourth-order valence-electron chi connectivity index (χ4n) is 3.28. The minimum atomic E-state index is -0.223. The van der Waals surface area contributed by atoms with E-state index in [0.717, 1.165) is 27.9 Å². The average molecular weight is 368 g/mol. The van der Waals surface area contributed by atoms with Crippen molar-refractivity contribution in [2.45, 2.75) is 13.3 Å². The van der Waals surface area contributed by atoms with Crippen LogP contribution in [0.15, 0.2) is 36.4 Å². The van der Waals surface area contributed by atoms with Gasteiger partial charge in [0.25, 0.3) is 5.91 Å². The monoisotopic (exact) mass is 368 g/mol. The summed E-state index contributed by atoms with van der Waals surface area (Å²) in [5, 5.41) is 4.07. The van der Waals surface area contributed by atoms with Crippen molar-refractivity contribution in [1.82, 2.24) is 10.3 Å². The third kappa shape index (κ3) is 3.69. The van der Waals surface area contributed by atoms with Gasteiger partial charge in [0, 0.05) is 23.1 Å². The maximum Gasteiger partial charge on any atom is 0.258 e. The van der Waals surface area contributed by atoms with E-state index in [-0.39, 0.29) is 5.91 Å². The smallest absolute Gasteiger partial charge is 0.258 e. The van der Waals surface area contributed by atoms with Crippen molar-refractivity contribution in [2.75, 3.05) is 27.9 Å². The number of rotatable bonds is 7. The van der Waals surface area contributed by atoms with Crippen LogP contribution in [0.5, 0.6) is 17.2 Å². The highest BCUT2D eigenvalue weighted by atomic mass is 16.5. The van der Waals surface area contributed by atoms with Gasteiger partial charge in [-0.2, -0.15) is 0 Å². The molecule has 6 heteroatoms. The molecule has 0 saturated heterocycles. The molecule has 0 aliphatic carbocycles. The van der Waals surface area contributed by atoms with Crippen molar-refractivity contribution in [3.63, 3.8) is 0 Å². The summed E-state index contributed by atoms with van der Waals surface area (Å²) in [6.45, 7) is 2.53. The van der Waals surface area contributed by atoms with Crippen molar-refractivity contribution in [2.24, 2.45) is 0 Å². The van der Waals surface area contributed by atoms with Gasteiger partial charge >= 0.3 is 0 Å². The fraction of sp³-hybridized carbons (Fsp3) is 0.286. The van der Waals surface area contributed by atoms with Gasteiger partial charge in [0.1, 0.15) is 22.8 Å². The molecule has 2 aromatic carbocycles. The third-order valence-electron chi connectivity index (χ3n) is 4.64. The summed E-state index contributed by atoms with van der Waals surface area (Å²) < 4.78 is 15.9. The summed E-state index contributed by atoms with van der Waals surface area (Å²) in [7, 11) is 4.73. The van der Waals surface area contributed by atoms with E-state index in [0.29, 0.717) is 30.0 Å². The van der Waals surface area contributed by atoms with Crippen LogP contribution in [-0.4, -0.2) is 38.8 Å². The molecule has 3 rings (SSSR count). The molecule has 0 radical (unpaired) electrons. The van der Waals surface area contributed by atoms with Gasteiger partial charge in [0.05, 0.1) is 21.3 Å². The van der Waals surface area contributed by atoms with Crippen LogP contribution in [0.2, 0.25) is 0 Å². The number of hydrogen-bond acceptors (Lipinski definition) is 4. The molecule has 1 heterocycles. The molecular weight excluding hydrogens is 344 g/mol. The van der Waals surface area contributed by atoms with Gasteiger partial charge in [-0.3, -0.25) is 4.79 Å². The number of aryl methyl sites for hydroxylation is 1. The van der Waals surface area contributed by atoms with Gasteiger partial charge in [-0.15, -0.1) is 0 Å². The topological polar surface area (TPSA) is 72.6 Å². The molecule has 2 N–H and O–H groups in total. The molecule has 0 fully saturated rings. The third-order valence-corrected chi connectivity index (χ3v) is 4.64. The number of fused-ring (bicyclic) bond motifs is 1. The first-order valence-electron chi connectivity index (χ1n) is 8.73. The number of ether oxygens (including phenoxy) is 3. The van der Waals surface area contributed by atoms with E-state index >= 15 is 0 Å². The number of carbonyl (C=O) groups excluding carboxylic acids is 1. The van der Waals surface area contributed by atoms with Crippen molar-refractivity contribution in [3.05, 3.63) is 53.2 Å². The minimum absolute atomic E-state index is 0.223. The second kappa shape index (κ2) is 8.03. The summed E-state index contributed by atoms with van der Waals surface area (Å²) in [6, 6.07) is 11.2. The van der Waals surface area contributed by atoms with E-state index in [4.69, 9.17) is 14.2 Å². The molecule has 0 unspecified atom stereocenters. The van der Waals surface area contributed by atoms with E-state index < -0.39 is 0 Å². The molecule has 27 heavy (non-hydrogen) atoms. The standard InChI is InChI=1S/C21H24N2O4/c1-13-15(16-12-14(25-2)8-9-17(16)23-13)10-11-22-21(24)20-18(26-3)6-5-7-19(20)27-4/h5-9,12,23H,10-11H2,1-4H3,(H,22,24). The highest BCUT2D eigenvalue weighted by Crippen LogP contribution is 2.29. The second-order valence-corrected chi connectivity index (χ2v) is 6.18. The summed E-state index contributed by atoms with van der Waals surface area (Å²) in [4.78, 5) is 16.1. The van der Waals surface area contributed by atoms with E-state index in [1.54, 1.807) is 25.3 Å². The highest BCUT2D eigenvalue weighted by molar-refractivity contribution is 5.99. The van der Waals surface area contributed by atoms with Gasteiger partial charge in [0.2, 0.25) is 0 Å². The van der Waals surface area contributed by atoms with E-state index in [1.807, 2.05) is 25.1 Å². The maximum absolute atomic E-state index is 12.7. The Balaban J connectivity index is 1.76. The zero-order valence-electron chi connectivity index (χ0n) is 16.0. The number of carbonyl (C=O) groups is 1. The molecule has 0 aliphatic heterocycles. The van der Waals surface area contributed by atoms with Crippen LogP contribution in [0, 0.1) is 6.92 Å². The number of amides is 1. The Morgan fingerprint density at radius 2 is 1.74 bits per heavy atom. The Bertz CT molecular complexity index is 940. The Labute approximate surface area is 158 Å². The molecule has 0 aliphatic rings. The van der Waals surface area contributed by atoms with Gasteiger partial charge in [0.15, 0.2) is 0 Å². The number of benzene rings is 2. The lowest BCUT2D eigenvalue weighted by molar-refractivity contribution is 0.0948. The van der Waals surface area contributed by atoms with Crippen molar-refractivity contribution in [3.8, 4) is 17.2 Å². The number of nitrogens with one attached hydrogen (secondary N) is 2. The quantitative estimate of drug-likeness (QED) is 0.670. The zero-order chi connectivity index (χ0) is 19.4. The fourth-order valence-corrected chi connectivity index (χ4v) is 3.28. The van der Waals surface area contributed by atoms with Crippen molar-refractivity contribution in [1.29, 1.82) is 0 Å². The van der Waals surface area contributed by atoms with Crippen LogP contribution < -0.4 is 19.5 Å². The first kappa shape index (κ1) is 18.6. The van der Waals surface area contributed by atoms with Crippen LogP contribution in [0.3, 0.4) is 0 Å². The SMILES string of the molecule is COc1ccc2[nH]c(C)c(CCNC(=O)c3c(OC)cccc3OC)c2c1. The summed E-state index contributed by atoms with van der Waals surface area (Å²) in [6.07, 6.45) is 0.697. The number of H-pyrrole nitrogens is 1. The molecule has 1 amide bonds. The van der Waals surface area contributed by atoms with Gasteiger partial charge in [-0.1, -0.05) is 6.07 Å². The molecule has 1 aromatic heterocycles. The summed E-state index contributed by atoms with van der Waals surface area (Å²) in [5.41, 5.74) is 3.71. The lowest BCUT2D eigenvalue weighted by atomic mass is 10.1. The predicted molar refractivity (Wildman–Crippen MR) is 105 cm³/mol. The van der Waals surface area contributed by atoms with E-state index in [9.17, 15) is 4.79 Å². The van der Waals surface area contributed by atoms with Crippen molar-refractivity contribution < 1.29 is 19.0 Å². The van der Waals surface area contributed by atoms with Crippen LogP contribution in [0.1, 0.15) is 21.6 Å². The Morgan fingerprint density at radius 1 is 1.04 bits per heavy atom. The van der Waals surface area contributed by atoms with E-state index in [2.05, 4.69) is 10.3 Å². The molecule has 0 atom stereocenters. The summed E-state index contributed by atoms with van der Waals surface area (Å²) in [5.74, 6) is 1.56. The largest absolute Gasteiger partial charge is 0.497 e. The van der Waals surface area contributed by atoms with Gasteiger partial charge < -0.3 is 24.5 Å². The maximum atomic E-state index is 12.7. The Morgan fingerprint density at radius 3 is 2.37 bits per heavy atom.